The van der Waals surface area contributed by atoms with Crippen LogP contribution in [0.1, 0.15) is 25.7 Å². The maximum absolute atomic E-state index is 13.3. The molecule has 1 fully saturated rings. The van der Waals surface area contributed by atoms with Crippen molar-refractivity contribution in [1.82, 2.24) is 5.32 Å². The van der Waals surface area contributed by atoms with E-state index >= 15 is 0 Å². The Morgan fingerprint density at radius 1 is 1.11 bits per heavy atom. The van der Waals surface area contributed by atoms with E-state index in [0.29, 0.717) is 5.75 Å². The average Bonchev–Trinajstić information content (AvgIpc) is 3.20. The van der Waals surface area contributed by atoms with Crippen molar-refractivity contribution in [2.24, 2.45) is 0 Å². The van der Waals surface area contributed by atoms with Crippen LogP contribution in [0.25, 0.3) is 0 Å². The lowest BCUT2D eigenvalue weighted by Crippen LogP contribution is -2.43. The van der Waals surface area contributed by atoms with E-state index in [-0.39, 0.29) is 29.1 Å². The number of hydrogen-bond acceptors (Lipinski definition) is 4. The second-order valence-electron chi connectivity index (χ2n) is 6.71. The number of rotatable bonds is 7. The maximum Gasteiger partial charge on any atom is 0.264 e. The number of nitrogens with zero attached hydrogens (tertiary/aromatic N) is 1. The third kappa shape index (κ3) is 4.62. The molecule has 0 heterocycles. The first-order chi connectivity index (χ1) is 13.4. The van der Waals surface area contributed by atoms with E-state index in [9.17, 15) is 17.6 Å². The van der Waals surface area contributed by atoms with Crippen LogP contribution in [-0.2, 0) is 14.8 Å². The van der Waals surface area contributed by atoms with E-state index in [1.807, 2.05) is 0 Å². The number of carbonyl (C=O) groups excluding carboxylic acids is 1. The molecule has 1 aliphatic carbocycles. The zero-order chi connectivity index (χ0) is 20.1. The van der Waals surface area contributed by atoms with Gasteiger partial charge in [0.1, 0.15) is 18.1 Å². The zero-order valence-corrected chi connectivity index (χ0v) is 16.4. The number of benzene rings is 2. The molecule has 2 aromatic rings. The van der Waals surface area contributed by atoms with Crippen molar-refractivity contribution in [3.05, 3.63) is 54.3 Å². The Hall–Kier alpha value is -2.61. The lowest BCUT2D eigenvalue weighted by molar-refractivity contribution is -0.120. The summed E-state index contributed by atoms with van der Waals surface area (Å²) in [6, 6.07) is 11.0. The molecule has 0 radical (unpaired) electrons. The van der Waals surface area contributed by atoms with Gasteiger partial charge in [-0.1, -0.05) is 12.8 Å². The second kappa shape index (κ2) is 8.60. The fraction of sp³-hybridized carbons (Fsp3) is 0.350. The molecule has 28 heavy (non-hydrogen) atoms. The van der Waals surface area contributed by atoms with Gasteiger partial charge in [0.05, 0.1) is 17.7 Å². The molecular formula is C20H23FN2O4S. The summed E-state index contributed by atoms with van der Waals surface area (Å²) in [5.74, 6) is -0.347. The smallest absolute Gasteiger partial charge is 0.264 e. The highest BCUT2D eigenvalue weighted by Crippen LogP contribution is 2.25. The molecule has 150 valence electrons. The lowest BCUT2D eigenvalue weighted by Gasteiger charge is -2.25. The molecule has 0 aromatic heterocycles. The number of halogens is 1. The van der Waals surface area contributed by atoms with Gasteiger partial charge in [-0.05, 0) is 61.4 Å². The fourth-order valence-corrected chi connectivity index (χ4v) is 4.69. The first kappa shape index (κ1) is 20.1. The summed E-state index contributed by atoms with van der Waals surface area (Å²) in [5, 5.41) is 2.89. The van der Waals surface area contributed by atoms with Crippen molar-refractivity contribution in [3.63, 3.8) is 0 Å². The van der Waals surface area contributed by atoms with E-state index in [0.717, 1.165) is 30.0 Å². The van der Waals surface area contributed by atoms with Crippen molar-refractivity contribution in [2.45, 2.75) is 36.6 Å². The summed E-state index contributed by atoms with van der Waals surface area (Å²) < 4.78 is 45.8. The van der Waals surface area contributed by atoms with Crippen LogP contribution in [0.15, 0.2) is 53.4 Å². The Bertz CT molecular complexity index is 908. The van der Waals surface area contributed by atoms with Crippen molar-refractivity contribution in [2.75, 3.05) is 18.0 Å². The van der Waals surface area contributed by atoms with Gasteiger partial charge >= 0.3 is 0 Å². The summed E-state index contributed by atoms with van der Waals surface area (Å²) in [5.41, 5.74) is 0.221. The van der Waals surface area contributed by atoms with Crippen LogP contribution in [0.3, 0.4) is 0 Å². The summed E-state index contributed by atoms with van der Waals surface area (Å²) in [7, 11) is -2.54. The van der Waals surface area contributed by atoms with Crippen LogP contribution in [-0.4, -0.2) is 34.0 Å². The molecule has 1 saturated carbocycles. The predicted molar refractivity (Wildman–Crippen MR) is 104 cm³/mol. The first-order valence-corrected chi connectivity index (χ1v) is 10.6. The molecule has 1 amide bonds. The van der Waals surface area contributed by atoms with E-state index < -0.39 is 15.8 Å². The van der Waals surface area contributed by atoms with Crippen LogP contribution < -0.4 is 14.4 Å². The molecule has 0 aliphatic heterocycles. The molecular weight excluding hydrogens is 383 g/mol. The quantitative estimate of drug-likeness (QED) is 0.767. The highest BCUT2D eigenvalue weighted by molar-refractivity contribution is 7.92. The summed E-state index contributed by atoms with van der Waals surface area (Å²) in [6.45, 7) is -0.378. The van der Waals surface area contributed by atoms with E-state index in [1.54, 1.807) is 0 Å². The normalized spacial score (nSPS) is 14.6. The number of anilines is 1. The van der Waals surface area contributed by atoms with Crippen molar-refractivity contribution < 1.29 is 22.3 Å². The van der Waals surface area contributed by atoms with Gasteiger partial charge in [-0.3, -0.25) is 9.10 Å². The predicted octanol–water partition coefficient (Wildman–Crippen LogP) is 3.09. The second-order valence-corrected chi connectivity index (χ2v) is 8.57. The minimum Gasteiger partial charge on any atom is -0.497 e. The molecule has 1 aliphatic rings. The lowest BCUT2D eigenvalue weighted by atomic mass is 10.2. The van der Waals surface area contributed by atoms with Crippen LogP contribution in [0.5, 0.6) is 5.75 Å². The van der Waals surface area contributed by atoms with Gasteiger partial charge in [-0.2, -0.15) is 0 Å². The van der Waals surface area contributed by atoms with Crippen LogP contribution in [0.4, 0.5) is 10.1 Å². The van der Waals surface area contributed by atoms with Gasteiger partial charge in [0.15, 0.2) is 0 Å². The number of ether oxygens (including phenoxy) is 1. The zero-order valence-electron chi connectivity index (χ0n) is 15.6. The van der Waals surface area contributed by atoms with Crippen LogP contribution >= 0.6 is 0 Å². The van der Waals surface area contributed by atoms with Crippen LogP contribution in [0.2, 0.25) is 0 Å². The Morgan fingerprint density at radius 3 is 2.29 bits per heavy atom. The molecule has 0 unspecified atom stereocenters. The summed E-state index contributed by atoms with van der Waals surface area (Å²) in [4.78, 5) is 12.5. The van der Waals surface area contributed by atoms with Crippen LogP contribution in [0, 0.1) is 5.82 Å². The van der Waals surface area contributed by atoms with E-state index in [2.05, 4.69) is 5.32 Å². The molecule has 0 spiro atoms. The van der Waals surface area contributed by atoms with Crippen molar-refractivity contribution >= 4 is 21.6 Å². The Labute approximate surface area is 164 Å². The van der Waals surface area contributed by atoms with E-state index in [4.69, 9.17) is 4.74 Å². The molecule has 3 rings (SSSR count). The third-order valence-corrected chi connectivity index (χ3v) is 6.56. The number of hydrogen-bond donors (Lipinski definition) is 1. The standard InChI is InChI=1S/C20H23FN2O4S/c1-27-18-10-12-19(13-11-18)28(25,26)23(17-8-6-15(21)7-9-17)14-20(24)22-16-4-2-3-5-16/h6-13,16H,2-5,14H2,1H3,(H,22,24). The van der Waals surface area contributed by atoms with Crippen molar-refractivity contribution in [3.8, 4) is 5.75 Å². The average molecular weight is 406 g/mol. The summed E-state index contributed by atoms with van der Waals surface area (Å²) in [6.07, 6.45) is 3.90. The van der Waals surface area contributed by atoms with Gasteiger partial charge in [-0.25, -0.2) is 12.8 Å². The van der Waals surface area contributed by atoms with Gasteiger partial charge < -0.3 is 10.1 Å². The van der Waals surface area contributed by atoms with Crippen molar-refractivity contribution in [1.29, 1.82) is 0 Å². The molecule has 2 aromatic carbocycles. The van der Waals surface area contributed by atoms with E-state index in [1.165, 1.54) is 55.6 Å². The van der Waals surface area contributed by atoms with Gasteiger partial charge in [0, 0.05) is 6.04 Å². The highest BCUT2D eigenvalue weighted by atomic mass is 32.2. The fourth-order valence-electron chi connectivity index (χ4n) is 3.27. The topological polar surface area (TPSA) is 75.7 Å². The first-order valence-electron chi connectivity index (χ1n) is 9.12. The Morgan fingerprint density at radius 2 is 1.71 bits per heavy atom. The molecule has 0 saturated heterocycles. The summed E-state index contributed by atoms with van der Waals surface area (Å²) >= 11 is 0. The number of methoxy groups -OCH3 is 1. The molecule has 8 heteroatoms. The number of carbonyl (C=O) groups is 1. The highest BCUT2D eigenvalue weighted by Gasteiger charge is 2.28. The molecule has 0 bridgehead atoms. The Balaban J connectivity index is 1.89. The molecule has 0 atom stereocenters. The number of sulfonamides is 1. The third-order valence-electron chi connectivity index (χ3n) is 4.77. The minimum atomic E-state index is -4.03. The monoisotopic (exact) mass is 406 g/mol. The number of nitrogens with one attached hydrogen (secondary N) is 1. The Kier molecular flexibility index (Phi) is 6.18. The number of amides is 1. The minimum absolute atomic E-state index is 0.0197. The SMILES string of the molecule is COc1ccc(S(=O)(=O)N(CC(=O)NC2CCCC2)c2ccc(F)cc2)cc1. The molecule has 6 nitrogen and oxygen atoms in total. The maximum atomic E-state index is 13.3. The van der Waals surface area contributed by atoms with Gasteiger partial charge in [-0.15, -0.1) is 0 Å². The molecule has 1 N–H and O–H groups in total. The van der Waals surface area contributed by atoms with Gasteiger partial charge in [0.2, 0.25) is 5.91 Å². The largest absolute Gasteiger partial charge is 0.497 e. The van der Waals surface area contributed by atoms with Gasteiger partial charge in [0.25, 0.3) is 10.0 Å².